The van der Waals surface area contributed by atoms with Crippen molar-refractivity contribution in [3.8, 4) is 0 Å². The first-order valence-corrected chi connectivity index (χ1v) is 7.05. The van der Waals surface area contributed by atoms with Crippen molar-refractivity contribution in [2.45, 2.75) is 59.8 Å². The molecular weight excluding hydrogens is 210 g/mol. The van der Waals surface area contributed by atoms with E-state index in [2.05, 4.69) is 13.0 Å². The van der Waals surface area contributed by atoms with Gasteiger partial charge in [0.05, 0.1) is 0 Å². The zero-order valence-corrected chi connectivity index (χ0v) is 12.3. The second-order valence-corrected chi connectivity index (χ2v) is 4.53. The third-order valence-corrected chi connectivity index (χ3v) is 3.40. The van der Waals surface area contributed by atoms with Crippen molar-refractivity contribution in [3.05, 3.63) is 11.6 Å². The van der Waals surface area contributed by atoms with E-state index in [4.69, 9.17) is 0 Å². The van der Waals surface area contributed by atoms with Crippen LogP contribution in [-0.4, -0.2) is 24.4 Å². The number of allylic oxidation sites excluding steroid dienone is 2. The summed E-state index contributed by atoms with van der Waals surface area (Å²) < 4.78 is 0. The van der Waals surface area contributed by atoms with Crippen LogP contribution in [0.15, 0.2) is 11.6 Å². The molecule has 0 aromatic heterocycles. The molecule has 0 fully saturated rings. The van der Waals surface area contributed by atoms with Crippen molar-refractivity contribution in [2.75, 3.05) is 13.6 Å². The molecule has 0 heterocycles. The molecule has 1 aliphatic rings. The van der Waals surface area contributed by atoms with E-state index in [1.54, 1.807) is 5.57 Å². The van der Waals surface area contributed by atoms with E-state index in [1.807, 2.05) is 32.7 Å². The van der Waals surface area contributed by atoms with E-state index in [0.717, 1.165) is 18.9 Å². The lowest BCUT2D eigenvalue weighted by molar-refractivity contribution is -0.129. The highest BCUT2D eigenvalue weighted by molar-refractivity contribution is 5.75. The molecule has 1 aliphatic carbocycles. The molecule has 0 bridgehead atoms. The van der Waals surface area contributed by atoms with Crippen LogP contribution in [0.2, 0.25) is 0 Å². The highest BCUT2D eigenvalue weighted by Gasteiger charge is 2.15. The van der Waals surface area contributed by atoms with Crippen LogP contribution in [0.5, 0.6) is 0 Å². The molecule has 0 N–H and O–H groups in total. The molecule has 2 heteroatoms. The van der Waals surface area contributed by atoms with Crippen LogP contribution >= 0.6 is 0 Å². The minimum Gasteiger partial charge on any atom is -0.346 e. The first kappa shape index (κ1) is 16.2. The van der Waals surface area contributed by atoms with Crippen LogP contribution in [0.1, 0.15) is 59.8 Å². The van der Waals surface area contributed by atoms with Gasteiger partial charge in [-0.05, 0) is 38.5 Å². The standard InChI is InChI=1S/C13H23NO.C2H6/c1-4-13(15)14(3)10-6-9-12-8-5-7-11(12)2;1-2/h7,12H,4-6,8-10H2,1-3H3;1-2H3. The van der Waals surface area contributed by atoms with Gasteiger partial charge < -0.3 is 4.90 Å². The average Bonchev–Trinajstić information content (AvgIpc) is 2.76. The van der Waals surface area contributed by atoms with Gasteiger partial charge in [-0.15, -0.1) is 0 Å². The maximum atomic E-state index is 11.3. The van der Waals surface area contributed by atoms with Crippen LogP contribution in [0.3, 0.4) is 0 Å². The Balaban J connectivity index is 0.00000121. The Morgan fingerprint density at radius 1 is 1.47 bits per heavy atom. The first-order chi connectivity index (χ1) is 8.15. The summed E-state index contributed by atoms with van der Waals surface area (Å²) in [6.07, 6.45) is 7.92. The number of hydrogen-bond donors (Lipinski definition) is 0. The maximum Gasteiger partial charge on any atom is 0.222 e. The Kier molecular flexibility index (Phi) is 8.83. The second-order valence-electron chi connectivity index (χ2n) is 4.53. The third-order valence-electron chi connectivity index (χ3n) is 3.40. The zero-order valence-electron chi connectivity index (χ0n) is 12.3. The van der Waals surface area contributed by atoms with Crippen LogP contribution < -0.4 is 0 Å². The van der Waals surface area contributed by atoms with Gasteiger partial charge >= 0.3 is 0 Å². The van der Waals surface area contributed by atoms with Gasteiger partial charge in [-0.25, -0.2) is 0 Å². The minimum absolute atomic E-state index is 0.258. The van der Waals surface area contributed by atoms with Crippen molar-refractivity contribution in [3.63, 3.8) is 0 Å². The third kappa shape index (κ3) is 5.90. The number of rotatable bonds is 5. The molecule has 17 heavy (non-hydrogen) atoms. The number of nitrogens with zero attached hydrogens (tertiary/aromatic N) is 1. The summed E-state index contributed by atoms with van der Waals surface area (Å²) in [5.41, 5.74) is 1.56. The molecule has 0 aromatic carbocycles. The predicted molar refractivity (Wildman–Crippen MR) is 75.0 cm³/mol. The molecule has 0 spiro atoms. The van der Waals surface area contributed by atoms with Crippen molar-refractivity contribution < 1.29 is 4.79 Å². The summed E-state index contributed by atoms with van der Waals surface area (Å²) in [7, 11) is 1.91. The minimum atomic E-state index is 0.258. The summed E-state index contributed by atoms with van der Waals surface area (Å²) in [4.78, 5) is 13.2. The molecule has 1 amide bonds. The summed E-state index contributed by atoms with van der Waals surface area (Å²) in [5.74, 6) is 1.05. The lowest BCUT2D eigenvalue weighted by Gasteiger charge is -2.18. The number of carbonyl (C=O) groups excluding carboxylic acids is 1. The van der Waals surface area contributed by atoms with Gasteiger partial charge in [-0.3, -0.25) is 4.79 Å². The molecule has 0 aliphatic heterocycles. The van der Waals surface area contributed by atoms with Crippen molar-refractivity contribution in [1.29, 1.82) is 0 Å². The molecule has 1 atom stereocenters. The van der Waals surface area contributed by atoms with Crippen molar-refractivity contribution in [2.24, 2.45) is 5.92 Å². The monoisotopic (exact) mass is 239 g/mol. The topological polar surface area (TPSA) is 20.3 Å². The predicted octanol–water partition coefficient (Wildman–Crippen LogP) is 4.02. The Morgan fingerprint density at radius 3 is 2.59 bits per heavy atom. The summed E-state index contributed by atoms with van der Waals surface area (Å²) in [6, 6.07) is 0. The lowest BCUT2D eigenvalue weighted by atomic mass is 9.97. The summed E-state index contributed by atoms with van der Waals surface area (Å²) in [5, 5.41) is 0. The van der Waals surface area contributed by atoms with E-state index in [1.165, 1.54) is 19.3 Å². The number of amides is 1. The van der Waals surface area contributed by atoms with Gasteiger partial charge in [0.2, 0.25) is 5.91 Å². The fourth-order valence-electron chi connectivity index (χ4n) is 2.25. The first-order valence-electron chi connectivity index (χ1n) is 7.05. The lowest BCUT2D eigenvalue weighted by Crippen LogP contribution is -2.27. The SMILES string of the molecule is CC.CCC(=O)N(C)CCCC1CCC=C1C. The fourth-order valence-corrected chi connectivity index (χ4v) is 2.25. The molecule has 0 radical (unpaired) electrons. The van der Waals surface area contributed by atoms with E-state index in [9.17, 15) is 4.79 Å². The number of hydrogen-bond acceptors (Lipinski definition) is 1. The Morgan fingerprint density at radius 2 is 2.12 bits per heavy atom. The van der Waals surface area contributed by atoms with Gasteiger partial charge in [-0.2, -0.15) is 0 Å². The molecule has 0 aromatic rings. The van der Waals surface area contributed by atoms with Gasteiger partial charge in [0.1, 0.15) is 0 Å². The van der Waals surface area contributed by atoms with Gasteiger partial charge in [-0.1, -0.05) is 32.4 Å². The van der Waals surface area contributed by atoms with Gasteiger partial charge in [0.15, 0.2) is 0 Å². The number of carbonyl (C=O) groups is 1. The fraction of sp³-hybridized carbons (Fsp3) is 0.800. The van der Waals surface area contributed by atoms with Crippen molar-refractivity contribution >= 4 is 5.91 Å². The highest BCUT2D eigenvalue weighted by Crippen LogP contribution is 2.28. The normalized spacial score (nSPS) is 18.2. The average molecular weight is 239 g/mol. The van der Waals surface area contributed by atoms with E-state index < -0.39 is 0 Å². The summed E-state index contributed by atoms with van der Waals surface area (Å²) in [6.45, 7) is 9.07. The quantitative estimate of drug-likeness (QED) is 0.664. The van der Waals surface area contributed by atoms with E-state index in [0.29, 0.717) is 6.42 Å². The largest absolute Gasteiger partial charge is 0.346 e. The van der Waals surface area contributed by atoms with Crippen LogP contribution in [-0.2, 0) is 4.79 Å². The van der Waals surface area contributed by atoms with E-state index in [-0.39, 0.29) is 5.91 Å². The molecular formula is C15H29NO. The van der Waals surface area contributed by atoms with Crippen molar-refractivity contribution in [1.82, 2.24) is 4.90 Å². The van der Waals surface area contributed by atoms with E-state index >= 15 is 0 Å². The molecule has 0 saturated heterocycles. The smallest absolute Gasteiger partial charge is 0.222 e. The van der Waals surface area contributed by atoms with Crippen LogP contribution in [0.25, 0.3) is 0 Å². The van der Waals surface area contributed by atoms with Gasteiger partial charge in [0, 0.05) is 20.0 Å². The maximum absolute atomic E-state index is 11.3. The molecule has 1 unspecified atom stereocenters. The van der Waals surface area contributed by atoms with Gasteiger partial charge in [0.25, 0.3) is 0 Å². The molecule has 100 valence electrons. The zero-order chi connectivity index (χ0) is 13.3. The van der Waals surface area contributed by atoms with Crippen LogP contribution in [0, 0.1) is 5.92 Å². The Bertz CT molecular complexity index is 245. The van der Waals surface area contributed by atoms with Crippen LogP contribution in [0.4, 0.5) is 0 Å². The highest BCUT2D eigenvalue weighted by atomic mass is 16.2. The molecule has 1 rings (SSSR count). The Labute approximate surface area is 107 Å². The molecule has 2 nitrogen and oxygen atoms in total. The second kappa shape index (κ2) is 9.26. The Hall–Kier alpha value is -0.790. The summed E-state index contributed by atoms with van der Waals surface area (Å²) >= 11 is 0. The molecule has 0 saturated carbocycles.